The van der Waals surface area contributed by atoms with Crippen molar-refractivity contribution in [3.8, 4) is 35.7 Å². The normalized spacial score (nSPS) is 10.5. The molecule has 0 aliphatic rings. The van der Waals surface area contributed by atoms with Crippen LogP contribution >= 0.6 is 11.6 Å². The number of halogens is 1. The van der Waals surface area contributed by atoms with Crippen LogP contribution in [0.4, 0.5) is 0 Å². The SMILES string of the molecule is C#CCOc1c(Cl)cc(/C=C(/C#N)C(=O)NCc2ccc(OC)cc2)cc1OCC. The van der Waals surface area contributed by atoms with E-state index in [1.54, 1.807) is 31.4 Å². The Labute approximate surface area is 181 Å². The molecule has 0 saturated heterocycles. The summed E-state index contributed by atoms with van der Waals surface area (Å²) in [6.07, 6.45) is 6.66. The van der Waals surface area contributed by atoms with Crippen LogP contribution in [0.3, 0.4) is 0 Å². The van der Waals surface area contributed by atoms with E-state index in [1.165, 1.54) is 6.08 Å². The topological polar surface area (TPSA) is 80.6 Å². The van der Waals surface area contributed by atoms with Crippen LogP contribution in [0, 0.1) is 23.7 Å². The molecule has 0 bridgehead atoms. The molecule has 2 aromatic rings. The van der Waals surface area contributed by atoms with E-state index in [1.807, 2.05) is 25.1 Å². The maximum absolute atomic E-state index is 12.4. The highest BCUT2D eigenvalue weighted by Gasteiger charge is 2.14. The van der Waals surface area contributed by atoms with Gasteiger partial charge in [-0.05, 0) is 48.4 Å². The number of amides is 1. The van der Waals surface area contributed by atoms with Crippen molar-refractivity contribution in [2.75, 3.05) is 20.3 Å². The maximum Gasteiger partial charge on any atom is 0.262 e. The average molecular weight is 425 g/mol. The third-order valence-electron chi connectivity index (χ3n) is 3.92. The van der Waals surface area contributed by atoms with Crippen LogP contribution in [0.2, 0.25) is 5.02 Å². The Kier molecular flexibility index (Phi) is 8.62. The molecule has 0 aliphatic heterocycles. The molecule has 1 N–H and O–H groups in total. The molecular weight excluding hydrogens is 404 g/mol. The van der Waals surface area contributed by atoms with Gasteiger partial charge in [0.15, 0.2) is 11.5 Å². The number of nitriles is 1. The van der Waals surface area contributed by atoms with Gasteiger partial charge in [0.25, 0.3) is 5.91 Å². The van der Waals surface area contributed by atoms with Crippen LogP contribution in [-0.2, 0) is 11.3 Å². The monoisotopic (exact) mass is 424 g/mol. The molecule has 0 saturated carbocycles. The minimum atomic E-state index is -0.505. The number of nitrogens with one attached hydrogen (secondary N) is 1. The lowest BCUT2D eigenvalue weighted by molar-refractivity contribution is -0.117. The van der Waals surface area contributed by atoms with E-state index in [-0.39, 0.29) is 23.7 Å². The summed E-state index contributed by atoms with van der Waals surface area (Å²) in [6, 6.07) is 12.4. The molecule has 7 heteroatoms. The van der Waals surface area contributed by atoms with Crippen molar-refractivity contribution < 1.29 is 19.0 Å². The van der Waals surface area contributed by atoms with Crippen LogP contribution in [0.15, 0.2) is 42.0 Å². The Balaban J connectivity index is 2.19. The lowest BCUT2D eigenvalue weighted by Crippen LogP contribution is -2.23. The molecule has 2 aromatic carbocycles. The maximum atomic E-state index is 12.4. The van der Waals surface area contributed by atoms with Gasteiger partial charge in [-0.3, -0.25) is 4.79 Å². The number of rotatable bonds is 9. The molecule has 30 heavy (non-hydrogen) atoms. The van der Waals surface area contributed by atoms with E-state index in [0.29, 0.717) is 23.7 Å². The highest BCUT2D eigenvalue weighted by atomic mass is 35.5. The van der Waals surface area contributed by atoms with Crippen molar-refractivity contribution in [2.24, 2.45) is 0 Å². The smallest absolute Gasteiger partial charge is 0.262 e. The van der Waals surface area contributed by atoms with Gasteiger partial charge in [-0.2, -0.15) is 5.26 Å². The van der Waals surface area contributed by atoms with Crippen LogP contribution < -0.4 is 19.5 Å². The van der Waals surface area contributed by atoms with Crippen molar-refractivity contribution in [2.45, 2.75) is 13.5 Å². The van der Waals surface area contributed by atoms with Gasteiger partial charge in [0.2, 0.25) is 0 Å². The quantitative estimate of drug-likeness (QED) is 0.374. The van der Waals surface area contributed by atoms with E-state index >= 15 is 0 Å². The second kappa shape index (κ2) is 11.4. The van der Waals surface area contributed by atoms with Crippen molar-refractivity contribution >= 4 is 23.6 Å². The first-order chi connectivity index (χ1) is 14.5. The van der Waals surface area contributed by atoms with Gasteiger partial charge >= 0.3 is 0 Å². The fourth-order valence-electron chi connectivity index (χ4n) is 2.52. The molecule has 0 heterocycles. The molecule has 154 valence electrons. The molecule has 0 spiro atoms. The van der Waals surface area contributed by atoms with E-state index in [0.717, 1.165) is 11.3 Å². The molecule has 0 aliphatic carbocycles. The minimum Gasteiger partial charge on any atom is -0.497 e. The molecule has 0 radical (unpaired) electrons. The molecular formula is C23H21ClN2O4. The standard InChI is InChI=1S/C23H21ClN2O4/c1-4-10-30-22-20(24)12-17(13-21(22)29-5-2)11-18(14-25)23(27)26-15-16-6-8-19(28-3)9-7-16/h1,6-9,11-13H,5,10,15H2,2-3H3,(H,26,27)/b18-11-. The largest absolute Gasteiger partial charge is 0.497 e. The number of terminal acetylenes is 1. The third-order valence-corrected chi connectivity index (χ3v) is 4.20. The van der Waals surface area contributed by atoms with Gasteiger partial charge < -0.3 is 19.5 Å². The summed E-state index contributed by atoms with van der Waals surface area (Å²) < 4.78 is 16.1. The van der Waals surface area contributed by atoms with E-state index < -0.39 is 5.91 Å². The summed E-state index contributed by atoms with van der Waals surface area (Å²) >= 11 is 6.28. The second-order valence-corrected chi connectivity index (χ2v) is 6.36. The summed E-state index contributed by atoms with van der Waals surface area (Å²) in [5.74, 6) is 3.28. The fraction of sp³-hybridized carbons (Fsp3) is 0.217. The zero-order valence-corrected chi connectivity index (χ0v) is 17.5. The molecule has 0 fully saturated rings. The van der Waals surface area contributed by atoms with Gasteiger partial charge in [0, 0.05) is 6.54 Å². The van der Waals surface area contributed by atoms with Crippen molar-refractivity contribution in [3.63, 3.8) is 0 Å². The summed E-state index contributed by atoms with van der Waals surface area (Å²) in [6.45, 7) is 2.50. The molecule has 0 unspecified atom stereocenters. The number of benzene rings is 2. The first kappa shape index (κ1) is 22.7. The molecule has 0 atom stereocenters. The lowest BCUT2D eigenvalue weighted by atomic mass is 10.1. The number of hydrogen-bond donors (Lipinski definition) is 1. The van der Waals surface area contributed by atoms with Crippen LogP contribution in [0.5, 0.6) is 17.2 Å². The summed E-state index contributed by atoms with van der Waals surface area (Å²) in [7, 11) is 1.58. The average Bonchev–Trinajstić information content (AvgIpc) is 2.75. The highest BCUT2D eigenvalue weighted by Crippen LogP contribution is 2.37. The zero-order valence-electron chi connectivity index (χ0n) is 16.7. The Morgan fingerprint density at radius 1 is 1.27 bits per heavy atom. The zero-order chi connectivity index (χ0) is 21.9. The van der Waals surface area contributed by atoms with E-state index in [4.69, 9.17) is 32.2 Å². The van der Waals surface area contributed by atoms with Crippen LogP contribution in [0.25, 0.3) is 6.08 Å². The molecule has 0 aromatic heterocycles. The summed E-state index contributed by atoms with van der Waals surface area (Å²) in [5, 5.41) is 12.4. The number of hydrogen-bond acceptors (Lipinski definition) is 5. The third kappa shape index (κ3) is 6.20. The van der Waals surface area contributed by atoms with E-state index in [9.17, 15) is 10.1 Å². The molecule has 6 nitrogen and oxygen atoms in total. The number of carbonyl (C=O) groups is 1. The lowest BCUT2D eigenvalue weighted by Gasteiger charge is -2.13. The first-order valence-corrected chi connectivity index (χ1v) is 9.45. The summed E-state index contributed by atoms with van der Waals surface area (Å²) in [4.78, 5) is 12.4. The number of carbonyl (C=O) groups excluding carboxylic acids is 1. The van der Waals surface area contributed by atoms with Crippen molar-refractivity contribution in [1.82, 2.24) is 5.32 Å². The fourth-order valence-corrected chi connectivity index (χ4v) is 2.80. The molecule has 1 amide bonds. The minimum absolute atomic E-state index is 0.0339. The summed E-state index contributed by atoms with van der Waals surface area (Å²) in [5.41, 5.74) is 1.32. The first-order valence-electron chi connectivity index (χ1n) is 9.07. The Morgan fingerprint density at radius 3 is 2.60 bits per heavy atom. The Morgan fingerprint density at radius 2 is 2.00 bits per heavy atom. The second-order valence-electron chi connectivity index (χ2n) is 5.96. The van der Waals surface area contributed by atoms with Gasteiger partial charge in [0.05, 0.1) is 18.7 Å². The molecule has 2 rings (SSSR count). The highest BCUT2D eigenvalue weighted by molar-refractivity contribution is 6.32. The number of ether oxygens (including phenoxy) is 3. The van der Waals surface area contributed by atoms with Crippen LogP contribution in [0.1, 0.15) is 18.1 Å². The van der Waals surface area contributed by atoms with Gasteiger partial charge in [0.1, 0.15) is 24.0 Å². The van der Waals surface area contributed by atoms with Crippen molar-refractivity contribution in [3.05, 3.63) is 58.1 Å². The Hall–Kier alpha value is -3.61. The van der Waals surface area contributed by atoms with Gasteiger partial charge in [-0.25, -0.2) is 0 Å². The van der Waals surface area contributed by atoms with Crippen molar-refractivity contribution in [1.29, 1.82) is 5.26 Å². The predicted octanol–water partition coefficient (Wildman–Crippen LogP) is 3.98. The van der Waals surface area contributed by atoms with E-state index in [2.05, 4.69) is 11.2 Å². The predicted molar refractivity (Wildman–Crippen MR) is 115 cm³/mol. The Bertz CT molecular complexity index is 1000. The van der Waals surface area contributed by atoms with Crippen LogP contribution in [-0.4, -0.2) is 26.2 Å². The van der Waals surface area contributed by atoms with Gasteiger partial charge in [-0.15, -0.1) is 6.42 Å². The number of nitrogens with zero attached hydrogens (tertiary/aromatic N) is 1. The van der Waals surface area contributed by atoms with Gasteiger partial charge in [-0.1, -0.05) is 29.7 Å². The number of methoxy groups -OCH3 is 1.